The molecule has 2 aromatic carbocycles. The number of hydrogen-bond donors (Lipinski definition) is 4. The van der Waals surface area contributed by atoms with Gasteiger partial charge in [0.1, 0.15) is 40.8 Å². The van der Waals surface area contributed by atoms with Gasteiger partial charge in [-0.25, -0.2) is 19.2 Å². The highest BCUT2D eigenvalue weighted by Gasteiger charge is 2.78. The average Bonchev–Trinajstić information content (AvgIpc) is 3.23. The number of benzene rings is 2. The summed E-state index contributed by atoms with van der Waals surface area (Å²) in [6, 6.07) is 12.5. The number of ketones is 1. The Morgan fingerprint density at radius 3 is 2.14 bits per heavy atom. The molecule has 0 radical (unpaired) electrons. The molecule has 1 heterocycles. The number of Topliss-reactive ketones (excluding diaryl/α,β-unsaturated/α-hetero) is 1. The smallest absolute Gasteiger partial charge is 0.408 e. The van der Waals surface area contributed by atoms with Crippen LogP contribution in [0.2, 0.25) is 0 Å². The maximum absolute atomic E-state index is 15.9. The zero-order valence-electron chi connectivity index (χ0n) is 39.2. The molecule has 6 rings (SSSR count). The van der Waals surface area contributed by atoms with Crippen molar-refractivity contribution in [1.29, 1.82) is 0 Å². The molecular formula is C49H61NO16. The lowest BCUT2D eigenvalue weighted by Gasteiger charge is -2.67. The van der Waals surface area contributed by atoms with Crippen LogP contribution >= 0.6 is 0 Å². The van der Waals surface area contributed by atoms with E-state index in [1.54, 1.807) is 78.8 Å². The van der Waals surface area contributed by atoms with Crippen molar-refractivity contribution in [2.75, 3.05) is 13.7 Å². The monoisotopic (exact) mass is 919 g/mol. The van der Waals surface area contributed by atoms with Crippen LogP contribution in [-0.4, -0.2) is 124 Å². The predicted molar refractivity (Wildman–Crippen MR) is 234 cm³/mol. The van der Waals surface area contributed by atoms with Crippen LogP contribution in [0.15, 0.2) is 77.4 Å². The van der Waals surface area contributed by atoms with Crippen LogP contribution in [0.3, 0.4) is 0 Å². The van der Waals surface area contributed by atoms with Gasteiger partial charge in [-0.05, 0) is 83.9 Å². The highest BCUT2D eigenvalue weighted by Crippen LogP contribution is 2.64. The first-order chi connectivity index (χ1) is 30.7. The van der Waals surface area contributed by atoms with E-state index in [9.17, 15) is 39.3 Å². The summed E-state index contributed by atoms with van der Waals surface area (Å²) in [7, 11) is 1.34. The number of hydrogen-bond acceptors (Lipinski definition) is 16. The van der Waals surface area contributed by atoms with E-state index in [0.717, 1.165) is 6.92 Å². The van der Waals surface area contributed by atoms with Crippen molar-refractivity contribution in [3.8, 4) is 5.75 Å². The number of carbonyl (C=O) groups is 6. The van der Waals surface area contributed by atoms with Crippen molar-refractivity contribution in [2.45, 2.75) is 142 Å². The Kier molecular flexibility index (Phi) is 13.8. The molecular weight excluding hydrogens is 859 g/mol. The third kappa shape index (κ3) is 8.85. The SMILES string of the molecule is COc1ccccc1C(=O)O[C@H]1C(=O)[C@@]2(C)[C@H]([C@H](OC(=O)c3ccccc3)[C@]3(O)C[C@H](OC(=O)[C@H](O)[C@H](C=C(C)C)NC(=O)OC(C)(C)C)C(C)=C1C3(C)C)[C@]1(OC(C)=O)CO[C@@H]1C[C@@H]2O. The molecule has 1 amide bonds. The van der Waals surface area contributed by atoms with E-state index < -0.39 is 118 Å². The minimum Gasteiger partial charge on any atom is -0.496 e. The van der Waals surface area contributed by atoms with E-state index in [4.69, 9.17) is 33.2 Å². The Balaban J connectivity index is 1.59. The van der Waals surface area contributed by atoms with Gasteiger partial charge >= 0.3 is 30.0 Å². The number of carbonyl (C=O) groups excluding carboxylic acids is 6. The summed E-state index contributed by atoms with van der Waals surface area (Å²) in [5.74, 6) is -6.49. The largest absolute Gasteiger partial charge is 0.496 e. The van der Waals surface area contributed by atoms with Crippen molar-refractivity contribution in [3.63, 3.8) is 0 Å². The summed E-state index contributed by atoms with van der Waals surface area (Å²) in [5, 5.41) is 40.2. The molecule has 4 N–H and O–H groups in total. The van der Waals surface area contributed by atoms with Crippen LogP contribution < -0.4 is 10.1 Å². The second-order valence-corrected chi connectivity index (χ2v) is 19.5. The number of esters is 4. The van der Waals surface area contributed by atoms with E-state index in [0.29, 0.717) is 5.57 Å². The van der Waals surface area contributed by atoms with Crippen molar-refractivity contribution >= 4 is 35.8 Å². The standard InChI is InChI=1S/C49H61NO16/c1-25(2)21-30(50-44(58)66-45(5,6)7)36(53)43(57)62-32-23-49(59)40(64-41(55)28-17-13-12-14-18-28)38-47(10,33(52)22-34-48(38,24-61-34)65-27(4)51)39(54)37(35(26(32)3)46(49,8)9)63-42(56)29-19-15-16-20-31(29)60-11/h12-21,30,32-34,36-38,40,52-53,59H,22-24H2,1-11H3,(H,50,58)/t30-,32-,33-,34+,36+,37+,38-,40-,47+,48-,49+/m0/s1. The minimum atomic E-state index is -2.46. The van der Waals surface area contributed by atoms with Crippen LogP contribution in [0.4, 0.5) is 4.79 Å². The first kappa shape index (κ1) is 49.8. The van der Waals surface area contributed by atoms with Crippen LogP contribution in [0.25, 0.3) is 0 Å². The predicted octanol–water partition coefficient (Wildman–Crippen LogP) is 4.73. The summed E-state index contributed by atoms with van der Waals surface area (Å²) in [4.78, 5) is 85.0. The number of aliphatic hydroxyl groups is 3. The van der Waals surface area contributed by atoms with Gasteiger partial charge in [0.25, 0.3) is 0 Å². The van der Waals surface area contributed by atoms with Gasteiger partial charge in [0.2, 0.25) is 0 Å². The number of aliphatic hydroxyl groups excluding tert-OH is 2. The van der Waals surface area contributed by atoms with Crippen molar-refractivity contribution in [3.05, 3.63) is 88.5 Å². The minimum absolute atomic E-state index is 0.0496. The Bertz CT molecular complexity index is 2310. The number of nitrogens with one attached hydrogen (secondary N) is 1. The van der Waals surface area contributed by atoms with E-state index >= 15 is 4.79 Å². The summed E-state index contributed by atoms with van der Waals surface area (Å²) in [6.07, 6.45) is -10.5. The Labute approximate surface area is 383 Å². The maximum Gasteiger partial charge on any atom is 0.408 e. The van der Waals surface area contributed by atoms with Crippen molar-refractivity contribution in [2.24, 2.45) is 16.7 Å². The zero-order valence-corrected chi connectivity index (χ0v) is 39.2. The molecule has 17 heteroatoms. The number of alkyl carbamates (subject to hydrolysis) is 1. The van der Waals surface area contributed by atoms with Gasteiger partial charge in [0.05, 0.1) is 42.8 Å². The van der Waals surface area contributed by atoms with E-state index in [1.807, 2.05) is 0 Å². The van der Waals surface area contributed by atoms with Gasteiger partial charge in [-0.1, -0.05) is 55.8 Å². The Morgan fingerprint density at radius 2 is 1.56 bits per heavy atom. The summed E-state index contributed by atoms with van der Waals surface area (Å²) in [6.45, 7) is 15.1. The number of allylic oxidation sites excluding steroid dienone is 1. The van der Waals surface area contributed by atoms with Gasteiger partial charge in [0.15, 0.2) is 23.6 Å². The topological polar surface area (TPSA) is 240 Å². The third-order valence-corrected chi connectivity index (χ3v) is 13.5. The van der Waals surface area contributed by atoms with Gasteiger partial charge in [-0.3, -0.25) is 9.59 Å². The first-order valence-corrected chi connectivity index (χ1v) is 21.8. The molecule has 4 aliphatic rings. The Morgan fingerprint density at radius 1 is 0.924 bits per heavy atom. The molecule has 3 aliphatic carbocycles. The molecule has 1 saturated heterocycles. The van der Waals surface area contributed by atoms with Gasteiger partial charge < -0.3 is 53.8 Å². The lowest BCUT2D eigenvalue weighted by atomic mass is 9.44. The lowest BCUT2D eigenvalue weighted by Crippen LogP contribution is -2.82. The molecule has 1 aliphatic heterocycles. The zero-order chi connectivity index (χ0) is 48.9. The summed E-state index contributed by atoms with van der Waals surface area (Å²) >= 11 is 0. The highest BCUT2D eigenvalue weighted by atomic mass is 16.6. The van der Waals surface area contributed by atoms with Crippen LogP contribution in [0.5, 0.6) is 5.75 Å². The quantitative estimate of drug-likeness (QED) is 0.135. The first-order valence-electron chi connectivity index (χ1n) is 21.8. The number of para-hydroxylation sites is 1. The van der Waals surface area contributed by atoms with Crippen LogP contribution in [-0.2, 0) is 42.8 Å². The normalized spacial score (nSPS) is 30.8. The highest BCUT2D eigenvalue weighted by molar-refractivity contribution is 5.99. The van der Waals surface area contributed by atoms with Gasteiger partial charge in [-0.2, -0.15) is 0 Å². The third-order valence-electron chi connectivity index (χ3n) is 13.5. The fourth-order valence-electron chi connectivity index (χ4n) is 10.2. The molecule has 11 atom stereocenters. The van der Waals surface area contributed by atoms with Gasteiger partial charge in [-0.15, -0.1) is 0 Å². The summed E-state index contributed by atoms with van der Waals surface area (Å²) < 4.78 is 41.6. The molecule has 2 saturated carbocycles. The Hall–Kier alpha value is -5.62. The molecule has 17 nitrogen and oxygen atoms in total. The molecule has 0 unspecified atom stereocenters. The van der Waals surface area contributed by atoms with Crippen LogP contribution in [0.1, 0.15) is 103 Å². The number of amides is 1. The fraction of sp³-hybridized carbons (Fsp3) is 0.551. The molecule has 2 aromatic rings. The fourth-order valence-corrected chi connectivity index (χ4v) is 10.2. The molecule has 2 bridgehead atoms. The van der Waals surface area contributed by atoms with Gasteiger partial charge in [0, 0.05) is 25.2 Å². The lowest BCUT2D eigenvalue weighted by molar-refractivity contribution is -0.345. The molecule has 3 fully saturated rings. The number of ether oxygens (including phenoxy) is 7. The van der Waals surface area contributed by atoms with E-state index in [1.165, 1.54) is 51.3 Å². The second kappa shape index (κ2) is 18.2. The van der Waals surface area contributed by atoms with Crippen LogP contribution in [0, 0.1) is 16.7 Å². The maximum atomic E-state index is 15.9. The van der Waals surface area contributed by atoms with E-state index in [-0.39, 0.29) is 41.1 Å². The molecule has 66 heavy (non-hydrogen) atoms. The number of fused-ring (bicyclic) bond motifs is 5. The van der Waals surface area contributed by atoms with Crippen molar-refractivity contribution in [1.82, 2.24) is 5.32 Å². The molecule has 0 aromatic heterocycles. The summed E-state index contributed by atoms with van der Waals surface area (Å²) in [5.41, 5.74) is -8.46. The van der Waals surface area contributed by atoms with Crippen molar-refractivity contribution < 1.29 is 77.2 Å². The molecule has 358 valence electrons. The number of rotatable bonds is 11. The second-order valence-electron chi connectivity index (χ2n) is 19.5. The van der Waals surface area contributed by atoms with E-state index in [2.05, 4.69) is 5.32 Å². The number of methoxy groups -OCH3 is 1. The average molecular weight is 920 g/mol. The molecule has 0 spiro atoms.